The largest absolute Gasteiger partial charge is 0.493 e. The molecule has 0 fully saturated rings. The summed E-state index contributed by atoms with van der Waals surface area (Å²) in [5.74, 6) is -2.62. The number of aryl methyl sites for hydroxylation is 1. The zero-order valence-electron chi connectivity index (χ0n) is 22.8. The van der Waals surface area contributed by atoms with E-state index in [1.807, 2.05) is 34.6 Å². The fourth-order valence-corrected chi connectivity index (χ4v) is 4.37. The van der Waals surface area contributed by atoms with E-state index in [1.54, 1.807) is 13.0 Å². The predicted molar refractivity (Wildman–Crippen MR) is 137 cm³/mol. The van der Waals surface area contributed by atoms with Crippen LogP contribution in [-0.4, -0.2) is 42.1 Å². The molecule has 1 N–H and O–H groups in total. The van der Waals surface area contributed by atoms with Gasteiger partial charge in [0.1, 0.15) is 18.0 Å². The molecule has 0 aliphatic rings. The van der Waals surface area contributed by atoms with Crippen LogP contribution in [0, 0.1) is 24.6 Å². The summed E-state index contributed by atoms with van der Waals surface area (Å²) in [7, 11) is 1.37. The molecular formula is C28H37FN2O6. The number of benzene rings is 1. The second kappa shape index (κ2) is 13.2. The van der Waals surface area contributed by atoms with Gasteiger partial charge in [-0.15, -0.1) is 0 Å². The number of halogens is 1. The van der Waals surface area contributed by atoms with Gasteiger partial charge < -0.3 is 19.5 Å². The van der Waals surface area contributed by atoms with E-state index in [2.05, 4.69) is 10.3 Å². The standard InChI is InChI=1S/C28H37FN2O6/c1-9-16(4)24(31-27(33)25-26(37-19(7)32)22(35-8)12-13-30-25)28(34)36-18(6)23(15(2)3)21-11-10-20(29)14-17(21)5/h10-16,18,23-24H,9H2,1-8H3,(H,31,33)/t16-,18-,23+,24-/m0/s1. The number of nitrogens with one attached hydrogen (secondary N) is 1. The van der Waals surface area contributed by atoms with Crippen LogP contribution in [0.5, 0.6) is 11.5 Å². The molecule has 2 aromatic rings. The molecule has 0 bridgehead atoms. The number of esters is 2. The first-order valence-electron chi connectivity index (χ1n) is 12.4. The van der Waals surface area contributed by atoms with Gasteiger partial charge in [0, 0.05) is 25.1 Å². The highest BCUT2D eigenvalue weighted by Crippen LogP contribution is 2.33. The van der Waals surface area contributed by atoms with E-state index in [1.165, 1.54) is 38.4 Å². The summed E-state index contributed by atoms with van der Waals surface area (Å²) in [6.07, 6.45) is 1.38. The molecule has 1 amide bonds. The molecule has 0 aliphatic heterocycles. The lowest BCUT2D eigenvalue weighted by atomic mass is 9.82. The Morgan fingerprint density at radius 1 is 1.11 bits per heavy atom. The summed E-state index contributed by atoms with van der Waals surface area (Å²) in [5, 5.41) is 2.71. The fraction of sp³-hybridized carbons (Fsp3) is 0.500. The number of nitrogens with zero attached hydrogens (tertiary/aromatic N) is 1. The molecule has 9 heteroatoms. The number of carbonyl (C=O) groups excluding carboxylic acids is 3. The third-order valence-electron chi connectivity index (χ3n) is 6.42. The van der Waals surface area contributed by atoms with Crippen molar-refractivity contribution in [1.82, 2.24) is 10.3 Å². The number of hydrogen-bond donors (Lipinski definition) is 1. The molecule has 2 rings (SSSR count). The smallest absolute Gasteiger partial charge is 0.329 e. The van der Waals surface area contributed by atoms with Crippen LogP contribution < -0.4 is 14.8 Å². The summed E-state index contributed by atoms with van der Waals surface area (Å²) in [6.45, 7) is 12.6. The van der Waals surface area contributed by atoms with Gasteiger partial charge in [-0.05, 0) is 48.9 Å². The Morgan fingerprint density at radius 3 is 2.32 bits per heavy atom. The highest BCUT2D eigenvalue weighted by molar-refractivity contribution is 5.98. The van der Waals surface area contributed by atoms with Gasteiger partial charge in [0.25, 0.3) is 5.91 Å². The molecule has 202 valence electrons. The Hall–Kier alpha value is -3.49. The topological polar surface area (TPSA) is 104 Å². The first-order valence-corrected chi connectivity index (χ1v) is 12.4. The molecule has 0 aliphatic carbocycles. The van der Waals surface area contributed by atoms with E-state index in [4.69, 9.17) is 14.2 Å². The Morgan fingerprint density at radius 2 is 1.78 bits per heavy atom. The summed E-state index contributed by atoms with van der Waals surface area (Å²) < 4.78 is 30.0. The van der Waals surface area contributed by atoms with Gasteiger partial charge in [0.2, 0.25) is 5.75 Å². The first kappa shape index (κ1) is 29.7. The molecule has 0 saturated carbocycles. The number of aromatic nitrogens is 1. The second-order valence-corrected chi connectivity index (χ2v) is 9.53. The van der Waals surface area contributed by atoms with Crippen LogP contribution in [0.3, 0.4) is 0 Å². The third-order valence-corrected chi connectivity index (χ3v) is 6.42. The summed E-state index contributed by atoms with van der Waals surface area (Å²) in [4.78, 5) is 42.3. The van der Waals surface area contributed by atoms with Crippen molar-refractivity contribution in [3.63, 3.8) is 0 Å². The number of rotatable bonds is 11. The van der Waals surface area contributed by atoms with Crippen LogP contribution in [0.1, 0.15) is 75.5 Å². The quantitative estimate of drug-likeness (QED) is 0.420. The van der Waals surface area contributed by atoms with Crippen LogP contribution in [-0.2, 0) is 14.3 Å². The van der Waals surface area contributed by atoms with Gasteiger partial charge in [-0.2, -0.15) is 0 Å². The van der Waals surface area contributed by atoms with Crippen LogP contribution in [0.2, 0.25) is 0 Å². The second-order valence-electron chi connectivity index (χ2n) is 9.53. The van der Waals surface area contributed by atoms with E-state index < -0.39 is 30.0 Å². The minimum absolute atomic E-state index is 0.0934. The maximum Gasteiger partial charge on any atom is 0.329 e. The van der Waals surface area contributed by atoms with E-state index in [9.17, 15) is 18.8 Å². The summed E-state index contributed by atoms with van der Waals surface area (Å²) in [6, 6.07) is 5.05. The van der Waals surface area contributed by atoms with Crippen LogP contribution in [0.25, 0.3) is 0 Å². The van der Waals surface area contributed by atoms with Crippen molar-refractivity contribution in [2.24, 2.45) is 11.8 Å². The molecule has 0 saturated heterocycles. The normalized spacial score (nSPS) is 14.3. The molecule has 8 nitrogen and oxygen atoms in total. The van der Waals surface area contributed by atoms with E-state index >= 15 is 0 Å². The van der Waals surface area contributed by atoms with Crippen LogP contribution >= 0.6 is 0 Å². The fourth-order valence-electron chi connectivity index (χ4n) is 4.37. The van der Waals surface area contributed by atoms with Crippen LogP contribution in [0.15, 0.2) is 30.5 Å². The highest BCUT2D eigenvalue weighted by atomic mass is 19.1. The zero-order chi connectivity index (χ0) is 27.9. The van der Waals surface area contributed by atoms with E-state index in [0.29, 0.717) is 6.42 Å². The molecule has 1 aromatic heterocycles. The number of carbonyl (C=O) groups is 3. The maximum absolute atomic E-state index is 13.7. The molecule has 0 unspecified atom stereocenters. The molecule has 0 radical (unpaired) electrons. The van der Waals surface area contributed by atoms with Gasteiger partial charge in [-0.25, -0.2) is 14.2 Å². The number of hydrogen-bond acceptors (Lipinski definition) is 7. The number of pyridine rings is 1. The predicted octanol–water partition coefficient (Wildman–Crippen LogP) is 4.98. The molecule has 37 heavy (non-hydrogen) atoms. The third kappa shape index (κ3) is 7.50. The monoisotopic (exact) mass is 516 g/mol. The molecule has 1 heterocycles. The first-order chi connectivity index (χ1) is 17.4. The molecule has 1 aromatic carbocycles. The number of methoxy groups -OCH3 is 1. The van der Waals surface area contributed by atoms with Crippen molar-refractivity contribution in [1.29, 1.82) is 0 Å². The van der Waals surface area contributed by atoms with E-state index in [0.717, 1.165) is 11.1 Å². The number of amides is 1. The Labute approximate surface area is 217 Å². The summed E-state index contributed by atoms with van der Waals surface area (Å²) >= 11 is 0. The van der Waals surface area contributed by atoms with Crippen molar-refractivity contribution < 1.29 is 33.0 Å². The summed E-state index contributed by atoms with van der Waals surface area (Å²) in [5.41, 5.74) is 1.48. The van der Waals surface area contributed by atoms with Gasteiger partial charge in [-0.3, -0.25) is 9.59 Å². The maximum atomic E-state index is 13.7. The van der Waals surface area contributed by atoms with Gasteiger partial charge >= 0.3 is 11.9 Å². The molecule has 4 atom stereocenters. The van der Waals surface area contributed by atoms with Crippen LogP contribution in [0.4, 0.5) is 4.39 Å². The van der Waals surface area contributed by atoms with Crippen molar-refractivity contribution in [2.75, 3.05) is 7.11 Å². The lowest BCUT2D eigenvalue weighted by molar-refractivity contribution is -0.153. The van der Waals surface area contributed by atoms with Crippen molar-refractivity contribution in [3.8, 4) is 11.5 Å². The van der Waals surface area contributed by atoms with Crippen molar-refractivity contribution in [2.45, 2.75) is 73.0 Å². The van der Waals surface area contributed by atoms with Gasteiger partial charge in [0.05, 0.1) is 7.11 Å². The Bertz CT molecular complexity index is 1120. The number of ether oxygens (including phenoxy) is 3. The van der Waals surface area contributed by atoms with Crippen molar-refractivity contribution in [3.05, 3.63) is 53.1 Å². The molecule has 0 spiro atoms. The minimum Gasteiger partial charge on any atom is -0.493 e. The Kier molecular flexibility index (Phi) is 10.6. The highest BCUT2D eigenvalue weighted by Gasteiger charge is 2.34. The zero-order valence-corrected chi connectivity index (χ0v) is 22.8. The van der Waals surface area contributed by atoms with Gasteiger partial charge in [-0.1, -0.05) is 40.2 Å². The average molecular weight is 517 g/mol. The van der Waals surface area contributed by atoms with Crippen molar-refractivity contribution >= 4 is 17.8 Å². The van der Waals surface area contributed by atoms with E-state index in [-0.39, 0.29) is 40.8 Å². The average Bonchev–Trinajstić information content (AvgIpc) is 2.82. The lowest BCUT2D eigenvalue weighted by Crippen LogP contribution is -2.47. The lowest BCUT2D eigenvalue weighted by Gasteiger charge is -2.31. The van der Waals surface area contributed by atoms with Gasteiger partial charge in [0.15, 0.2) is 11.4 Å². The Balaban J connectivity index is 2.32. The molecular weight excluding hydrogens is 479 g/mol. The SMILES string of the molecule is CC[C@H](C)[C@H](NC(=O)c1nccc(OC)c1OC(C)=O)C(=O)O[C@@H](C)[C@H](c1ccc(F)cc1C)C(C)C. The minimum atomic E-state index is -0.986.